The van der Waals surface area contributed by atoms with Crippen molar-refractivity contribution in [3.8, 4) is 0 Å². The van der Waals surface area contributed by atoms with Crippen LogP contribution in [0.2, 0.25) is 0 Å². The lowest BCUT2D eigenvalue weighted by Crippen LogP contribution is -2.00. The van der Waals surface area contributed by atoms with Crippen LogP contribution in [0.1, 0.15) is 15.4 Å². The van der Waals surface area contributed by atoms with E-state index in [1.807, 2.05) is 9.95 Å². The molecular weight excluding hydrogens is 262 g/mol. The van der Waals surface area contributed by atoms with Crippen molar-refractivity contribution in [2.24, 2.45) is 0 Å². The van der Waals surface area contributed by atoms with Gasteiger partial charge < -0.3 is 9.67 Å². The number of aryl methyl sites for hydroxylation is 2. The first-order valence-electron chi connectivity index (χ1n) is 5.80. The number of aromatic nitrogens is 3. The van der Waals surface area contributed by atoms with Crippen molar-refractivity contribution in [3.63, 3.8) is 0 Å². The highest BCUT2D eigenvalue weighted by molar-refractivity contribution is 7.09. The monoisotopic (exact) mass is 273 g/mol. The number of thiazole rings is 1. The molecule has 2 aromatic heterocycles. The number of aromatic carboxylic acids is 1. The Kier molecular flexibility index (Phi) is 3.00. The Labute approximate surface area is 113 Å². The summed E-state index contributed by atoms with van der Waals surface area (Å²) in [5, 5.41) is 12.0. The summed E-state index contributed by atoms with van der Waals surface area (Å²) in [5.74, 6) is -0.931. The summed E-state index contributed by atoms with van der Waals surface area (Å²) in [5.41, 5.74) is 1.92. The molecule has 19 heavy (non-hydrogen) atoms. The van der Waals surface area contributed by atoms with Crippen LogP contribution in [0.25, 0.3) is 11.0 Å². The number of rotatable bonds is 4. The van der Waals surface area contributed by atoms with Crippen molar-refractivity contribution in [3.05, 3.63) is 46.7 Å². The van der Waals surface area contributed by atoms with Gasteiger partial charge in [0.2, 0.25) is 0 Å². The molecule has 0 fully saturated rings. The molecule has 0 unspecified atom stereocenters. The third-order valence-corrected chi connectivity index (χ3v) is 3.76. The van der Waals surface area contributed by atoms with Crippen LogP contribution in [0.4, 0.5) is 0 Å². The average molecular weight is 273 g/mol. The van der Waals surface area contributed by atoms with Gasteiger partial charge in [-0.15, -0.1) is 11.3 Å². The summed E-state index contributed by atoms with van der Waals surface area (Å²) < 4.78 is 2.02. The molecular formula is C13H11N3O2S. The lowest BCUT2D eigenvalue weighted by molar-refractivity contribution is 0.0697. The molecule has 3 aromatic rings. The van der Waals surface area contributed by atoms with E-state index in [0.29, 0.717) is 5.52 Å². The second-order valence-corrected chi connectivity index (χ2v) is 5.10. The van der Waals surface area contributed by atoms with Crippen LogP contribution in [0.5, 0.6) is 0 Å². The second-order valence-electron chi connectivity index (χ2n) is 4.12. The quantitative estimate of drug-likeness (QED) is 0.792. The highest BCUT2D eigenvalue weighted by Crippen LogP contribution is 2.16. The molecule has 5 nitrogen and oxygen atoms in total. The van der Waals surface area contributed by atoms with E-state index in [4.69, 9.17) is 5.11 Å². The van der Waals surface area contributed by atoms with Crippen LogP contribution in [-0.2, 0) is 13.0 Å². The second kappa shape index (κ2) is 4.81. The summed E-state index contributed by atoms with van der Waals surface area (Å²) in [6, 6.07) is 5.00. The van der Waals surface area contributed by atoms with Crippen molar-refractivity contribution in [1.82, 2.24) is 14.5 Å². The molecule has 2 heterocycles. The van der Waals surface area contributed by atoms with Crippen molar-refractivity contribution in [1.29, 1.82) is 0 Å². The Morgan fingerprint density at radius 1 is 1.37 bits per heavy atom. The molecule has 0 radical (unpaired) electrons. The van der Waals surface area contributed by atoms with Gasteiger partial charge in [0.15, 0.2) is 0 Å². The first-order chi connectivity index (χ1) is 9.24. The van der Waals surface area contributed by atoms with Gasteiger partial charge in [-0.3, -0.25) is 0 Å². The summed E-state index contributed by atoms with van der Waals surface area (Å²) in [7, 11) is 0. The van der Waals surface area contributed by atoms with Crippen LogP contribution >= 0.6 is 11.3 Å². The van der Waals surface area contributed by atoms with Crippen molar-refractivity contribution in [2.75, 3.05) is 0 Å². The van der Waals surface area contributed by atoms with Crippen LogP contribution in [0, 0.1) is 0 Å². The van der Waals surface area contributed by atoms with Crippen molar-refractivity contribution < 1.29 is 9.90 Å². The fraction of sp³-hybridized carbons (Fsp3) is 0.154. The highest BCUT2D eigenvalue weighted by atomic mass is 32.1. The van der Waals surface area contributed by atoms with Crippen LogP contribution in [0.3, 0.4) is 0 Å². The van der Waals surface area contributed by atoms with Gasteiger partial charge in [0.1, 0.15) is 0 Å². The van der Waals surface area contributed by atoms with E-state index in [0.717, 1.165) is 23.5 Å². The number of carboxylic acids is 1. The molecule has 0 atom stereocenters. The lowest BCUT2D eigenvalue weighted by atomic mass is 10.2. The third kappa shape index (κ3) is 2.34. The molecule has 0 aliphatic heterocycles. The average Bonchev–Trinajstić information content (AvgIpc) is 3.05. The third-order valence-electron chi connectivity index (χ3n) is 2.92. The zero-order valence-electron chi connectivity index (χ0n) is 9.98. The van der Waals surface area contributed by atoms with E-state index in [2.05, 4.69) is 9.97 Å². The van der Waals surface area contributed by atoms with Gasteiger partial charge in [-0.2, -0.15) is 0 Å². The van der Waals surface area contributed by atoms with E-state index >= 15 is 0 Å². The number of carbonyl (C=O) groups is 1. The standard InChI is InChI=1S/C13H11N3O2S/c17-13(18)9-1-2-11-10(7-9)15-8-16(11)5-3-12-14-4-6-19-12/h1-2,4,6-8H,3,5H2,(H,17,18). The number of imidazole rings is 1. The zero-order valence-corrected chi connectivity index (χ0v) is 10.8. The molecule has 0 spiro atoms. The molecule has 96 valence electrons. The van der Waals surface area contributed by atoms with E-state index < -0.39 is 5.97 Å². The minimum Gasteiger partial charge on any atom is -0.478 e. The molecule has 0 aliphatic carbocycles. The number of nitrogens with zero attached hydrogens (tertiary/aromatic N) is 3. The lowest BCUT2D eigenvalue weighted by Gasteiger charge is -2.02. The van der Waals surface area contributed by atoms with Gasteiger partial charge in [0.25, 0.3) is 0 Å². The largest absolute Gasteiger partial charge is 0.478 e. The Morgan fingerprint density at radius 3 is 3.00 bits per heavy atom. The Balaban J connectivity index is 1.86. The SMILES string of the molecule is O=C(O)c1ccc2c(c1)ncn2CCc1nccs1. The normalized spacial score (nSPS) is 10.9. The maximum absolute atomic E-state index is 10.9. The number of carboxylic acid groups (broad SMARTS) is 1. The molecule has 6 heteroatoms. The summed E-state index contributed by atoms with van der Waals surface area (Å²) in [6.45, 7) is 0.788. The smallest absolute Gasteiger partial charge is 0.335 e. The molecule has 0 aliphatic rings. The van der Waals surface area contributed by atoms with Gasteiger partial charge in [-0.1, -0.05) is 0 Å². The summed E-state index contributed by atoms with van der Waals surface area (Å²) >= 11 is 1.63. The zero-order chi connectivity index (χ0) is 13.2. The van der Waals surface area contributed by atoms with Gasteiger partial charge in [-0.25, -0.2) is 14.8 Å². The minimum absolute atomic E-state index is 0.262. The summed E-state index contributed by atoms with van der Waals surface area (Å²) in [4.78, 5) is 19.4. The minimum atomic E-state index is -0.931. The molecule has 0 saturated heterocycles. The predicted octanol–water partition coefficient (Wildman–Crippen LogP) is 2.43. The summed E-state index contributed by atoms with van der Waals surface area (Å²) in [6.07, 6.45) is 4.39. The van der Waals surface area contributed by atoms with Gasteiger partial charge in [-0.05, 0) is 18.2 Å². The predicted molar refractivity (Wildman–Crippen MR) is 72.5 cm³/mol. The fourth-order valence-corrected chi connectivity index (χ4v) is 2.58. The molecule has 1 aromatic carbocycles. The highest BCUT2D eigenvalue weighted by Gasteiger charge is 2.08. The first-order valence-corrected chi connectivity index (χ1v) is 6.68. The fourth-order valence-electron chi connectivity index (χ4n) is 1.97. The number of hydrogen-bond donors (Lipinski definition) is 1. The molecule has 1 N–H and O–H groups in total. The number of fused-ring (bicyclic) bond motifs is 1. The van der Waals surface area contributed by atoms with Crippen LogP contribution in [0.15, 0.2) is 36.1 Å². The van der Waals surface area contributed by atoms with E-state index in [1.54, 1.807) is 42.1 Å². The van der Waals surface area contributed by atoms with Crippen molar-refractivity contribution >= 4 is 28.3 Å². The van der Waals surface area contributed by atoms with Crippen LogP contribution < -0.4 is 0 Å². The van der Waals surface area contributed by atoms with Crippen molar-refractivity contribution in [2.45, 2.75) is 13.0 Å². The first kappa shape index (κ1) is 11.9. The van der Waals surface area contributed by atoms with Gasteiger partial charge in [0.05, 0.1) is 27.9 Å². The molecule has 0 saturated carbocycles. The topological polar surface area (TPSA) is 68.0 Å². The van der Waals surface area contributed by atoms with Gasteiger partial charge in [0, 0.05) is 24.5 Å². The Bertz CT molecular complexity index is 719. The molecule has 0 bridgehead atoms. The Morgan fingerprint density at radius 2 is 2.26 bits per heavy atom. The van der Waals surface area contributed by atoms with E-state index in [1.165, 1.54) is 0 Å². The van der Waals surface area contributed by atoms with E-state index in [9.17, 15) is 4.79 Å². The number of benzene rings is 1. The maximum Gasteiger partial charge on any atom is 0.335 e. The number of hydrogen-bond acceptors (Lipinski definition) is 4. The molecule has 0 amide bonds. The Hall–Kier alpha value is -2.21. The molecule has 3 rings (SSSR count). The van der Waals surface area contributed by atoms with Crippen LogP contribution in [-0.4, -0.2) is 25.6 Å². The van der Waals surface area contributed by atoms with E-state index in [-0.39, 0.29) is 5.56 Å². The maximum atomic E-state index is 10.9. The van der Waals surface area contributed by atoms with Gasteiger partial charge >= 0.3 is 5.97 Å².